The molecule has 0 bridgehead atoms. The van der Waals surface area contributed by atoms with Gasteiger partial charge in [0.25, 0.3) is 0 Å². The van der Waals surface area contributed by atoms with Crippen LogP contribution >= 0.6 is 11.3 Å². The van der Waals surface area contributed by atoms with E-state index >= 15 is 0 Å². The lowest BCUT2D eigenvalue weighted by molar-refractivity contribution is 1.18. The van der Waals surface area contributed by atoms with Crippen LogP contribution in [0.2, 0.25) is 0 Å². The molecule has 0 atom stereocenters. The number of thiophene rings is 1. The zero-order valence-electron chi connectivity index (χ0n) is 31.3. The number of benzene rings is 9. The first-order valence-corrected chi connectivity index (χ1v) is 20.5. The molecule has 3 heterocycles. The van der Waals surface area contributed by atoms with Gasteiger partial charge in [-0.25, -0.2) is 9.97 Å². The molecule has 3 nitrogen and oxygen atoms in total. The molecule has 0 radical (unpaired) electrons. The number of hydrogen-bond acceptors (Lipinski definition) is 3. The van der Waals surface area contributed by atoms with Crippen molar-refractivity contribution in [3.05, 3.63) is 200 Å². The average molecular weight is 756 g/mol. The summed E-state index contributed by atoms with van der Waals surface area (Å²) in [6.07, 6.45) is 0. The molecule has 0 aliphatic carbocycles. The van der Waals surface area contributed by atoms with Crippen LogP contribution in [0.25, 0.3) is 114 Å². The molecule has 12 rings (SSSR count). The largest absolute Gasteiger partial charge is 0.309 e. The van der Waals surface area contributed by atoms with Crippen molar-refractivity contribution in [3.8, 4) is 50.7 Å². The Morgan fingerprint density at radius 2 is 1.02 bits per heavy atom. The van der Waals surface area contributed by atoms with Crippen molar-refractivity contribution in [2.24, 2.45) is 0 Å². The molecule has 0 amide bonds. The third kappa shape index (κ3) is 5.19. The lowest BCUT2D eigenvalue weighted by Gasteiger charge is -2.12. The van der Waals surface area contributed by atoms with Crippen molar-refractivity contribution in [2.45, 2.75) is 0 Å². The molecule has 9 aromatic carbocycles. The van der Waals surface area contributed by atoms with Crippen molar-refractivity contribution < 1.29 is 0 Å². The fourth-order valence-corrected chi connectivity index (χ4v) is 10.1. The molecule has 0 saturated carbocycles. The van der Waals surface area contributed by atoms with Gasteiger partial charge >= 0.3 is 0 Å². The molecular weight excluding hydrogens is 723 g/mol. The summed E-state index contributed by atoms with van der Waals surface area (Å²) in [7, 11) is 0. The number of rotatable bonds is 5. The van der Waals surface area contributed by atoms with Crippen LogP contribution in [0.3, 0.4) is 0 Å². The van der Waals surface area contributed by atoms with E-state index in [4.69, 9.17) is 9.97 Å². The lowest BCUT2D eigenvalue weighted by atomic mass is 9.97. The third-order valence-corrected chi connectivity index (χ3v) is 12.7. The Labute approximate surface area is 338 Å². The molecule has 58 heavy (non-hydrogen) atoms. The molecule has 0 saturated heterocycles. The van der Waals surface area contributed by atoms with E-state index in [0.29, 0.717) is 5.82 Å². The zero-order chi connectivity index (χ0) is 38.2. The predicted molar refractivity (Wildman–Crippen MR) is 246 cm³/mol. The molecule has 0 N–H and O–H groups in total. The Morgan fingerprint density at radius 3 is 1.86 bits per heavy atom. The fourth-order valence-electron chi connectivity index (χ4n) is 8.91. The average Bonchev–Trinajstić information content (AvgIpc) is 3.85. The molecule has 0 aliphatic heterocycles. The first-order valence-electron chi connectivity index (χ1n) is 19.7. The summed E-state index contributed by atoms with van der Waals surface area (Å²) in [5.41, 5.74) is 10.9. The minimum Gasteiger partial charge on any atom is -0.309 e. The Bertz CT molecular complexity index is 3560. The van der Waals surface area contributed by atoms with Crippen molar-refractivity contribution in [1.29, 1.82) is 0 Å². The SMILES string of the molecule is c1ccc(-c2nc(-c3ccc(-c4cccc5ccccc45)cc3)cc(-c3ccc4c(c3)sc3cccc(-n5c6ccccc6c6c7ccccc7ccc65)c34)n2)cc1. The van der Waals surface area contributed by atoms with Crippen molar-refractivity contribution in [2.75, 3.05) is 0 Å². The number of nitrogens with zero attached hydrogens (tertiary/aromatic N) is 3. The quantitative estimate of drug-likeness (QED) is 0.175. The summed E-state index contributed by atoms with van der Waals surface area (Å²) in [4.78, 5) is 10.3. The van der Waals surface area contributed by atoms with Crippen LogP contribution in [0, 0.1) is 0 Å². The van der Waals surface area contributed by atoms with E-state index in [-0.39, 0.29) is 0 Å². The number of para-hydroxylation sites is 1. The smallest absolute Gasteiger partial charge is 0.160 e. The van der Waals surface area contributed by atoms with E-state index in [1.165, 1.54) is 80.3 Å². The Morgan fingerprint density at radius 1 is 0.362 bits per heavy atom. The summed E-state index contributed by atoms with van der Waals surface area (Å²) in [6.45, 7) is 0. The minimum absolute atomic E-state index is 0.712. The molecular formula is C54H33N3S. The summed E-state index contributed by atoms with van der Waals surface area (Å²) in [6, 6.07) is 71.9. The van der Waals surface area contributed by atoms with E-state index in [1.54, 1.807) is 0 Å². The second-order valence-electron chi connectivity index (χ2n) is 14.9. The monoisotopic (exact) mass is 755 g/mol. The van der Waals surface area contributed by atoms with Crippen molar-refractivity contribution >= 4 is 74.9 Å². The van der Waals surface area contributed by atoms with Crippen LogP contribution in [0.4, 0.5) is 0 Å². The standard InChI is InChI=1S/C54H33N3S/c1-2-14-38(15-3-1)54-55-45(37-26-24-36(25-27-37)41-20-10-16-34-12-4-6-17-40(34)41)33-46(56-54)39-28-30-44-51(32-39)58-50-23-11-22-48(53(44)50)57-47-21-9-8-19-43(47)52-42-18-7-5-13-35(42)29-31-49(52)57/h1-33H. The van der Waals surface area contributed by atoms with Crippen LogP contribution < -0.4 is 0 Å². The Balaban J connectivity index is 1.00. The van der Waals surface area contributed by atoms with Crippen LogP contribution in [0.15, 0.2) is 200 Å². The van der Waals surface area contributed by atoms with E-state index in [9.17, 15) is 0 Å². The Hall–Kier alpha value is -7.40. The highest BCUT2D eigenvalue weighted by molar-refractivity contribution is 7.26. The first-order chi connectivity index (χ1) is 28.7. The second-order valence-corrected chi connectivity index (χ2v) is 16.0. The highest BCUT2D eigenvalue weighted by Crippen LogP contribution is 2.43. The molecule has 0 spiro atoms. The predicted octanol–water partition coefficient (Wildman–Crippen LogP) is 14.9. The first kappa shape index (κ1) is 32.8. The van der Waals surface area contributed by atoms with Crippen molar-refractivity contribution in [3.63, 3.8) is 0 Å². The highest BCUT2D eigenvalue weighted by Gasteiger charge is 2.19. The maximum atomic E-state index is 5.20. The van der Waals surface area contributed by atoms with Gasteiger partial charge < -0.3 is 4.57 Å². The molecule has 0 unspecified atom stereocenters. The topological polar surface area (TPSA) is 30.7 Å². The molecule has 270 valence electrons. The fraction of sp³-hybridized carbons (Fsp3) is 0. The van der Waals surface area contributed by atoms with Gasteiger partial charge in [0.05, 0.1) is 28.1 Å². The molecule has 0 fully saturated rings. The van der Waals surface area contributed by atoms with Gasteiger partial charge in [-0.3, -0.25) is 0 Å². The van der Waals surface area contributed by atoms with Gasteiger partial charge in [-0.2, -0.15) is 0 Å². The van der Waals surface area contributed by atoms with Crippen LogP contribution in [0.5, 0.6) is 0 Å². The van der Waals surface area contributed by atoms with Gasteiger partial charge in [0.15, 0.2) is 5.82 Å². The molecule has 0 aliphatic rings. The maximum absolute atomic E-state index is 5.20. The van der Waals surface area contributed by atoms with Gasteiger partial charge in [0.2, 0.25) is 0 Å². The third-order valence-electron chi connectivity index (χ3n) is 11.6. The van der Waals surface area contributed by atoms with Crippen molar-refractivity contribution in [1.82, 2.24) is 14.5 Å². The summed E-state index contributed by atoms with van der Waals surface area (Å²) < 4.78 is 4.96. The van der Waals surface area contributed by atoms with Crippen LogP contribution in [0.1, 0.15) is 0 Å². The van der Waals surface area contributed by atoms with E-state index in [2.05, 4.69) is 187 Å². The second kappa shape index (κ2) is 13.1. The van der Waals surface area contributed by atoms with E-state index < -0.39 is 0 Å². The number of fused-ring (bicyclic) bond motifs is 9. The number of aromatic nitrogens is 3. The van der Waals surface area contributed by atoms with Gasteiger partial charge in [-0.1, -0.05) is 164 Å². The maximum Gasteiger partial charge on any atom is 0.160 e. The highest BCUT2D eigenvalue weighted by atomic mass is 32.1. The normalized spacial score (nSPS) is 11.8. The van der Waals surface area contributed by atoms with E-state index in [0.717, 1.165) is 28.1 Å². The molecule has 4 heteroatoms. The zero-order valence-corrected chi connectivity index (χ0v) is 32.1. The molecule has 12 aromatic rings. The van der Waals surface area contributed by atoms with Crippen LogP contribution in [-0.4, -0.2) is 14.5 Å². The van der Waals surface area contributed by atoms with Gasteiger partial charge in [0, 0.05) is 47.6 Å². The molecule has 3 aromatic heterocycles. The summed E-state index contributed by atoms with van der Waals surface area (Å²) in [5, 5.41) is 10.1. The summed E-state index contributed by atoms with van der Waals surface area (Å²) >= 11 is 1.84. The summed E-state index contributed by atoms with van der Waals surface area (Å²) in [5.74, 6) is 0.712. The minimum atomic E-state index is 0.712. The van der Waals surface area contributed by atoms with Gasteiger partial charge in [-0.15, -0.1) is 11.3 Å². The van der Waals surface area contributed by atoms with Crippen LogP contribution in [-0.2, 0) is 0 Å². The van der Waals surface area contributed by atoms with Gasteiger partial charge in [-0.05, 0) is 69.1 Å². The lowest BCUT2D eigenvalue weighted by Crippen LogP contribution is -1.96. The van der Waals surface area contributed by atoms with Gasteiger partial charge in [0.1, 0.15) is 0 Å². The Kier molecular flexibility index (Phi) is 7.40. The van der Waals surface area contributed by atoms with E-state index in [1.807, 2.05) is 29.5 Å². The number of hydrogen-bond donors (Lipinski definition) is 0.